The van der Waals surface area contributed by atoms with Crippen LogP contribution in [0.5, 0.6) is 23.0 Å². The number of benzene rings is 3. The Morgan fingerprint density at radius 3 is 2.35 bits per heavy atom. The number of rotatable bonds is 6. The predicted molar refractivity (Wildman–Crippen MR) is 135 cm³/mol. The van der Waals surface area contributed by atoms with Crippen molar-refractivity contribution in [2.45, 2.75) is 35.5 Å². The maximum absolute atomic E-state index is 10.1. The molecule has 0 amide bonds. The summed E-state index contributed by atoms with van der Waals surface area (Å²) in [6.45, 7) is 3.97. The molecule has 0 saturated carbocycles. The molecule has 3 aromatic carbocycles. The van der Waals surface area contributed by atoms with Crippen molar-refractivity contribution >= 4 is 23.4 Å². The van der Waals surface area contributed by atoms with E-state index < -0.39 is 0 Å². The first-order chi connectivity index (χ1) is 16.6. The van der Waals surface area contributed by atoms with E-state index in [-0.39, 0.29) is 22.9 Å². The van der Waals surface area contributed by atoms with E-state index in [1.54, 1.807) is 36.0 Å². The molecule has 5 rings (SSSR count). The molecule has 0 bridgehead atoms. The predicted octanol–water partition coefficient (Wildman–Crippen LogP) is 6.58. The largest absolute Gasteiger partial charge is 0.508 e. The van der Waals surface area contributed by atoms with Gasteiger partial charge in [0.2, 0.25) is 0 Å². The van der Waals surface area contributed by atoms with Crippen LogP contribution < -0.4 is 9.47 Å². The van der Waals surface area contributed by atoms with E-state index in [0.29, 0.717) is 22.3 Å². The van der Waals surface area contributed by atoms with Crippen LogP contribution in [0.25, 0.3) is 0 Å². The minimum absolute atomic E-state index is 0.0328. The third-order valence-corrected chi connectivity index (χ3v) is 8.28. The molecular formula is C27H28ClNO4S. The Kier molecular flexibility index (Phi) is 7.09. The van der Waals surface area contributed by atoms with E-state index in [0.717, 1.165) is 23.4 Å². The topological polar surface area (TPSA) is 62.2 Å². The van der Waals surface area contributed by atoms with Crippen LogP contribution in [0.1, 0.15) is 41.7 Å². The average molecular weight is 498 g/mol. The average Bonchev–Trinajstić information content (AvgIpc) is 2.87. The molecule has 2 heterocycles. The second-order valence-electron chi connectivity index (χ2n) is 8.71. The van der Waals surface area contributed by atoms with Crippen molar-refractivity contribution in [2.24, 2.45) is 0 Å². The Balaban J connectivity index is 1.35. The molecule has 1 saturated heterocycles. The molecule has 7 heteroatoms. The van der Waals surface area contributed by atoms with Crippen molar-refractivity contribution in [3.8, 4) is 23.0 Å². The molecule has 2 N–H and O–H groups in total. The minimum Gasteiger partial charge on any atom is -0.508 e. The van der Waals surface area contributed by atoms with E-state index in [1.165, 1.54) is 32.4 Å². The molecule has 1 fully saturated rings. The zero-order valence-corrected chi connectivity index (χ0v) is 20.4. The van der Waals surface area contributed by atoms with E-state index in [4.69, 9.17) is 21.1 Å². The summed E-state index contributed by atoms with van der Waals surface area (Å²) < 4.78 is 12.4. The maximum atomic E-state index is 10.1. The van der Waals surface area contributed by atoms with Gasteiger partial charge in [0, 0.05) is 6.54 Å². The van der Waals surface area contributed by atoms with Crippen molar-refractivity contribution in [2.75, 3.05) is 26.2 Å². The molecule has 178 valence electrons. The highest BCUT2D eigenvalue weighted by atomic mass is 35.5. The van der Waals surface area contributed by atoms with Crippen LogP contribution in [0.3, 0.4) is 0 Å². The molecule has 5 nitrogen and oxygen atoms in total. The summed E-state index contributed by atoms with van der Waals surface area (Å²) in [6.07, 6.45) is 3.63. The Bertz CT molecular complexity index is 1120. The summed E-state index contributed by atoms with van der Waals surface area (Å²) in [4.78, 5) is 3.18. The van der Waals surface area contributed by atoms with E-state index >= 15 is 0 Å². The molecule has 2 atom stereocenters. The van der Waals surface area contributed by atoms with Crippen LogP contribution >= 0.6 is 23.4 Å². The fourth-order valence-corrected chi connectivity index (χ4v) is 6.11. The monoisotopic (exact) mass is 497 g/mol. The number of aromatic hydroxyl groups is 2. The number of piperidine rings is 1. The van der Waals surface area contributed by atoms with Gasteiger partial charge in [-0.1, -0.05) is 42.3 Å². The first kappa shape index (κ1) is 23.2. The van der Waals surface area contributed by atoms with Crippen molar-refractivity contribution in [3.05, 3.63) is 76.8 Å². The number of thioether (sulfide) groups is 1. The van der Waals surface area contributed by atoms with Gasteiger partial charge < -0.3 is 19.7 Å². The van der Waals surface area contributed by atoms with Gasteiger partial charge in [-0.25, -0.2) is 0 Å². The Morgan fingerprint density at radius 2 is 1.62 bits per heavy atom. The lowest BCUT2D eigenvalue weighted by molar-refractivity contribution is 0.182. The molecule has 2 aliphatic heterocycles. The van der Waals surface area contributed by atoms with Crippen LogP contribution in [-0.4, -0.2) is 41.4 Å². The molecule has 0 aliphatic carbocycles. The lowest BCUT2D eigenvalue weighted by Crippen LogP contribution is -2.33. The summed E-state index contributed by atoms with van der Waals surface area (Å²) in [5.74, 6) is 1.74. The van der Waals surface area contributed by atoms with Crippen LogP contribution in [0.4, 0.5) is 0 Å². The van der Waals surface area contributed by atoms with Gasteiger partial charge >= 0.3 is 0 Å². The zero-order chi connectivity index (χ0) is 23.5. The number of phenolic OH excluding ortho intramolecular Hbond substituents is 2. The quantitative estimate of drug-likeness (QED) is 0.401. The lowest BCUT2D eigenvalue weighted by atomic mass is 10.00. The van der Waals surface area contributed by atoms with Crippen LogP contribution in [0, 0.1) is 0 Å². The van der Waals surface area contributed by atoms with Gasteiger partial charge in [-0.05, 0) is 73.5 Å². The first-order valence-corrected chi connectivity index (χ1v) is 12.9. The maximum Gasteiger partial charge on any atom is 0.140 e. The number of hydrogen-bond donors (Lipinski definition) is 2. The minimum atomic E-state index is -0.273. The third kappa shape index (κ3) is 5.09. The first-order valence-electron chi connectivity index (χ1n) is 11.7. The van der Waals surface area contributed by atoms with E-state index in [9.17, 15) is 10.2 Å². The van der Waals surface area contributed by atoms with Gasteiger partial charge in [-0.3, -0.25) is 4.90 Å². The van der Waals surface area contributed by atoms with Gasteiger partial charge in [0.1, 0.15) is 35.7 Å². The van der Waals surface area contributed by atoms with Crippen molar-refractivity contribution in [3.63, 3.8) is 0 Å². The molecule has 0 unspecified atom stereocenters. The second-order valence-corrected chi connectivity index (χ2v) is 10.2. The smallest absolute Gasteiger partial charge is 0.140 e. The molecule has 3 aromatic rings. The summed E-state index contributed by atoms with van der Waals surface area (Å²) in [5, 5.41) is 20.0. The third-order valence-electron chi connectivity index (χ3n) is 6.37. The normalized spacial score (nSPS) is 20.4. The van der Waals surface area contributed by atoms with E-state index in [2.05, 4.69) is 4.90 Å². The SMILES string of the molecule is Oc1ccc([C@@H]2Sc3c(ccc(O)c3Cl)O[C@@H]2c2ccc(OCCN3CCCCC3)cc2)cc1. The highest BCUT2D eigenvalue weighted by Crippen LogP contribution is 2.56. The molecule has 0 aromatic heterocycles. The lowest BCUT2D eigenvalue weighted by Gasteiger charge is -2.34. The molecule has 0 radical (unpaired) electrons. The number of fused-ring (bicyclic) bond motifs is 1. The summed E-state index contributed by atoms with van der Waals surface area (Å²) in [7, 11) is 0. The Hall–Kier alpha value is -2.54. The van der Waals surface area contributed by atoms with Crippen molar-refractivity contribution in [1.82, 2.24) is 4.90 Å². The fraction of sp³-hybridized carbons (Fsp3) is 0.333. The number of nitrogens with zero attached hydrogens (tertiary/aromatic N) is 1. The van der Waals surface area contributed by atoms with Gasteiger partial charge in [-0.15, -0.1) is 11.8 Å². The zero-order valence-electron chi connectivity index (χ0n) is 18.8. The number of ether oxygens (including phenoxy) is 2. The summed E-state index contributed by atoms with van der Waals surface area (Å²) in [6, 6.07) is 18.5. The molecule has 0 spiro atoms. The highest BCUT2D eigenvalue weighted by molar-refractivity contribution is 7.99. The number of phenols is 2. The van der Waals surface area contributed by atoms with E-state index in [1.807, 2.05) is 36.4 Å². The molecule has 2 aliphatic rings. The van der Waals surface area contributed by atoms with Gasteiger partial charge in [0.25, 0.3) is 0 Å². The fourth-order valence-electron chi connectivity index (χ4n) is 4.50. The molecular weight excluding hydrogens is 470 g/mol. The van der Waals surface area contributed by atoms with Crippen LogP contribution in [-0.2, 0) is 0 Å². The van der Waals surface area contributed by atoms with Gasteiger partial charge in [0.05, 0.1) is 15.2 Å². The number of hydrogen-bond acceptors (Lipinski definition) is 6. The molecule has 34 heavy (non-hydrogen) atoms. The highest BCUT2D eigenvalue weighted by Gasteiger charge is 2.35. The van der Waals surface area contributed by atoms with Gasteiger partial charge in [0.15, 0.2) is 0 Å². The second kappa shape index (κ2) is 10.4. The Labute approximate surface area is 209 Å². The van der Waals surface area contributed by atoms with Crippen molar-refractivity contribution < 1.29 is 19.7 Å². The number of halogens is 1. The Morgan fingerprint density at radius 1 is 0.912 bits per heavy atom. The van der Waals surface area contributed by atoms with Gasteiger partial charge in [-0.2, -0.15) is 0 Å². The summed E-state index contributed by atoms with van der Waals surface area (Å²) in [5.41, 5.74) is 2.02. The van der Waals surface area contributed by atoms with Crippen LogP contribution in [0.15, 0.2) is 65.6 Å². The number of likely N-dealkylation sites (tertiary alicyclic amines) is 1. The summed E-state index contributed by atoms with van der Waals surface area (Å²) >= 11 is 7.96. The van der Waals surface area contributed by atoms with Crippen LogP contribution in [0.2, 0.25) is 5.02 Å². The van der Waals surface area contributed by atoms with Crippen molar-refractivity contribution in [1.29, 1.82) is 0 Å². The standard InChI is InChI=1S/C27H28ClNO4S/c28-24-22(31)12-13-23-27(24)34-26(19-4-8-20(30)9-5-19)25(33-23)18-6-10-21(11-7-18)32-17-16-29-14-2-1-3-15-29/h4-13,25-26,30-31H,1-3,14-17H2/t25-,26+/m1/s1.